The molecule has 0 saturated carbocycles. The minimum Gasteiger partial charge on any atom is -0.466 e. The Balaban J connectivity index is 1.72. The maximum absolute atomic E-state index is 12.2. The number of amides is 2. The van der Waals surface area contributed by atoms with Gasteiger partial charge in [0.15, 0.2) is 0 Å². The van der Waals surface area contributed by atoms with Crippen molar-refractivity contribution in [3.63, 3.8) is 0 Å². The summed E-state index contributed by atoms with van der Waals surface area (Å²) in [5, 5.41) is 2.65. The Kier molecular flexibility index (Phi) is 5.94. The van der Waals surface area contributed by atoms with Gasteiger partial charge in [-0.2, -0.15) is 0 Å². The highest BCUT2D eigenvalue weighted by Crippen LogP contribution is 2.23. The van der Waals surface area contributed by atoms with Crippen LogP contribution in [0.25, 0.3) is 0 Å². The highest BCUT2D eigenvalue weighted by molar-refractivity contribution is 5.85. The number of nitrogens with one attached hydrogen (secondary N) is 1. The number of ether oxygens (including phenoxy) is 2. The van der Waals surface area contributed by atoms with Crippen molar-refractivity contribution in [1.29, 1.82) is 0 Å². The third kappa shape index (κ3) is 4.30. The second-order valence-corrected chi connectivity index (χ2v) is 5.39. The standard InChI is InChI=1S/C15H22N2O5/c1-21-13(18)5-4-8-16-14(19)11-6-7-12(22-11)15(20)17-9-2-3-10-17/h4-5,11-12H,2-3,6-10H2,1H3,(H,16,19)/b5-4+/t11-,12+/m0/s1. The molecule has 0 aromatic carbocycles. The van der Waals surface area contributed by atoms with Crippen molar-refractivity contribution >= 4 is 17.8 Å². The van der Waals surface area contributed by atoms with Crippen molar-refractivity contribution in [1.82, 2.24) is 10.2 Å². The molecule has 0 unspecified atom stereocenters. The fraction of sp³-hybridized carbons (Fsp3) is 0.667. The lowest BCUT2D eigenvalue weighted by atomic mass is 10.1. The number of rotatable bonds is 5. The number of esters is 1. The highest BCUT2D eigenvalue weighted by atomic mass is 16.5. The first-order valence-electron chi connectivity index (χ1n) is 7.58. The number of hydrogen-bond acceptors (Lipinski definition) is 5. The van der Waals surface area contributed by atoms with E-state index < -0.39 is 18.2 Å². The minimum absolute atomic E-state index is 0.00149. The van der Waals surface area contributed by atoms with Crippen molar-refractivity contribution in [2.75, 3.05) is 26.7 Å². The van der Waals surface area contributed by atoms with Gasteiger partial charge in [0.05, 0.1) is 7.11 Å². The van der Waals surface area contributed by atoms with E-state index in [9.17, 15) is 14.4 Å². The lowest BCUT2D eigenvalue weighted by Crippen LogP contribution is -2.39. The van der Waals surface area contributed by atoms with Gasteiger partial charge in [0.25, 0.3) is 5.91 Å². The van der Waals surface area contributed by atoms with E-state index in [-0.39, 0.29) is 18.4 Å². The zero-order chi connectivity index (χ0) is 15.9. The molecule has 0 aromatic heterocycles. The summed E-state index contributed by atoms with van der Waals surface area (Å²) in [5.41, 5.74) is 0. The molecule has 1 N–H and O–H groups in total. The number of hydrogen-bond donors (Lipinski definition) is 1. The summed E-state index contributed by atoms with van der Waals surface area (Å²) in [7, 11) is 1.29. The maximum Gasteiger partial charge on any atom is 0.330 e. The molecular formula is C15H22N2O5. The van der Waals surface area contributed by atoms with E-state index in [1.807, 2.05) is 4.90 Å². The van der Waals surface area contributed by atoms with Gasteiger partial charge < -0.3 is 19.7 Å². The molecule has 2 amide bonds. The van der Waals surface area contributed by atoms with Crippen LogP contribution in [0.3, 0.4) is 0 Å². The third-order valence-corrected chi connectivity index (χ3v) is 3.85. The van der Waals surface area contributed by atoms with Crippen LogP contribution in [0.5, 0.6) is 0 Å². The van der Waals surface area contributed by atoms with Crippen LogP contribution < -0.4 is 5.32 Å². The number of nitrogens with zero attached hydrogens (tertiary/aromatic N) is 1. The topological polar surface area (TPSA) is 84.9 Å². The average molecular weight is 310 g/mol. The molecule has 0 aliphatic carbocycles. The molecule has 122 valence electrons. The Labute approximate surface area is 129 Å². The summed E-state index contributed by atoms with van der Waals surface area (Å²) in [4.78, 5) is 36.8. The van der Waals surface area contributed by atoms with Crippen molar-refractivity contribution in [3.8, 4) is 0 Å². The first-order chi connectivity index (χ1) is 10.6. The fourth-order valence-corrected chi connectivity index (χ4v) is 2.65. The quantitative estimate of drug-likeness (QED) is 0.571. The summed E-state index contributed by atoms with van der Waals surface area (Å²) < 4.78 is 10.0. The summed E-state index contributed by atoms with van der Waals surface area (Å²) in [6.07, 6.45) is 4.84. The number of carbonyl (C=O) groups is 3. The Hall–Kier alpha value is -1.89. The molecule has 0 spiro atoms. The Morgan fingerprint density at radius 1 is 1.23 bits per heavy atom. The van der Waals surface area contributed by atoms with Gasteiger partial charge in [-0.3, -0.25) is 9.59 Å². The van der Waals surface area contributed by atoms with E-state index >= 15 is 0 Å². The summed E-state index contributed by atoms with van der Waals surface area (Å²) in [5.74, 6) is -0.729. The van der Waals surface area contributed by atoms with E-state index in [1.54, 1.807) is 0 Å². The third-order valence-electron chi connectivity index (χ3n) is 3.85. The van der Waals surface area contributed by atoms with Crippen LogP contribution in [-0.2, 0) is 23.9 Å². The maximum atomic E-state index is 12.2. The molecule has 22 heavy (non-hydrogen) atoms. The van der Waals surface area contributed by atoms with Crippen molar-refractivity contribution in [2.24, 2.45) is 0 Å². The van der Waals surface area contributed by atoms with Crippen molar-refractivity contribution in [3.05, 3.63) is 12.2 Å². The lowest BCUT2D eigenvalue weighted by Gasteiger charge is -2.20. The second-order valence-electron chi connectivity index (χ2n) is 5.39. The summed E-state index contributed by atoms with van der Waals surface area (Å²) in [6.45, 7) is 1.79. The Morgan fingerprint density at radius 3 is 2.59 bits per heavy atom. The molecule has 7 nitrogen and oxygen atoms in total. The van der Waals surface area contributed by atoms with Gasteiger partial charge in [0.1, 0.15) is 12.2 Å². The molecule has 2 rings (SSSR count). The van der Waals surface area contributed by atoms with Crippen LogP contribution in [0.4, 0.5) is 0 Å². The molecule has 0 aromatic rings. The lowest BCUT2D eigenvalue weighted by molar-refractivity contribution is -0.145. The fourth-order valence-electron chi connectivity index (χ4n) is 2.65. The predicted octanol–water partition coefficient (Wildman–Crippen LogP) is 0.00180. The normalized spacial score (nSPS) is 24.7. The van der Waals surface area contributed by atoms with Gasteiger partial charge in [-0.25, -0.2) is 4.79 Å². The molecule has 0 bridgehead atoms. The largest absolute Gasteiger partial charge is 0.466 e. The van der Waals surface area contributed by atoms with E-state index in [0.717, 1.165) is 25.9 Å². The molecular weight excluding hydrogens is 288 g/mol. The van der Waals surface area contributed by atoms with Crippen LogP contribution in [-0.4, -0.2) is 61.6 Å². The molecule has 7 heteroatoms. The van der Waals surface area contributed by atoms with Crippen LogP contribution in [0.2, 0.25) is 0 Å². The second kappa shape index (κ2) is 7.93. The zero-order valence-electron chi connectivity index (χ0n) is 12.7. The molecule has 2 aliphatic heterocycles. The van der Waals surface area contributed by atoms with Crippen LogP contribution in [0.1, 0.15) is 25.7 Å². The van der Waals surface area contributed by atoms with E-state index in [2.05, 4.69) is 10.1 Å². The molecule has 2 saturated heterocycles. The van der Waals surface area contributed by atoms with Gasteiger partial charge in [0, 0.05) is 25.7 Å². The molecule has 0 radical (unpaired) electrons. The number of carbonyl (C=O) groups excluding carboxylic acids is 3. The van der Waals surface area contributed by atoms with Gasteiger partial charge in [0.2, 0.25) is 5.91 Å². The van der Waals surface area contributed by atoms with Gasteiger partial charge in [-0.05, 0) is 25.7 Å². The van der Waals surface area contributed by atoms with Crippen LogP contribution in [0, 0.1) is 0 Å². The van der Waals surface area contributed by atoms with E-state index in [0.29, 0.717) is 12.8 Å². The molecule has 2 atom stereocenters. The van der Waals surface area contributed by atoms with E-state index in [1.165, 1.54) is 19.3 Å². The smallest absolute Gasteiger partial charge is 0.330 e. The first-order valence-corrected chi connectivity index (χ1v) is 7.58. The monoisotopic (exact) mass is 310 g/mol. The summed E-state index contributed by atoms with van der Waals surface area (Å²) in [6, 6.07) is 0. The Morgan fingerprint density at radius 2 is 1.91 bits per heavy atom. The summed E-state index contributed by atoms with van der Waals surface area (Å²) >= 11 is 0. The van der Waals surface area contributed by atoms with Gasteiger partial charge in [-0.1, -0.05) is 6.08 Å². The van der Waals surface area contributed by atoms with Gasteiger partial charge in [-0.15, -0.1) is 0 Å². The highest BCUT2D eigenvalue weighted by Gasteiger charge is 2.37. The van der Waals surface area contributed by atoms with Gasteiger partial charge >= 0.3 is 5.97 Å². The van der Waals surface area contributed by atoms with Crippen molar-refractivity contribution < 1.29 is 23.9 Å². The average Bonchev–Trinajstić information content (AvgIpc) is 3.21. The first kappa shape index (κ1) is 16.5. The molecule has 2 fully saturated rings. The SMILES string of the molecule is COC(=O)/C=C/CNC(=O)[C@@H]1CC[C@H](C(=O)N2CCCC2)O1. The minimum atomic E-state index is -0.594. The molecule has 2 aliphatic rings. The Bertz CT molecular complexity index is 457. The molecule has 2 heterocycles. The van der Waals surface area contributed by atoms with Crippen LogP contribution >= 0.6 is 0 Å². The zero-order valence-corrected chi connectivity index (χ0v) is 12.7. The predicted molar refractivity (Wildman–Crippen MR) is 77.9 cm³/mol. The van der Waals surface area contributed by atoms with Crippen LogP contribution in [0.15, 0.2) is 12.2 Å². The number of methoxy groups -OCH3 is 1. The van der Waals surface area contributed by atoms with Crippen molar-refractivity contribution in [2.45, 2.75) is 37.9 Å². The van der Waals surface area contributed by atoms with E-state index in [4.69, 9.17) is 4.74 Å². The number of likely N-dealkylation sites (tertiary alicyclic amines) is 1.